The van der Waals surface area contributed by atoms with Crippen molar-refractivity contribution in [3.05, 3.63) is 29.8 Å². The Bertz CT molecular complexity index is 613. The van der Waals surface area contributed by atoms with Crippen LogP contribution in [0.2, 0.25) is 0 Å². The van der Waals surface area contributed by atoms with Crippen molar-refractivity contribution in [1.29, 1.82) is 0 Å². The van der Waals surface area contributed by atoms with E-state index in [4.69, 9.17) is 14.2 Å². The number of benzene rings is 1. The average molecular weight is 306 g/mol. The van der Waals surface area contributed by atoms with Crippen LogP contribution in [0.25, 0.3) is 0 Å². The van der Waals surface area contributed by atoms with Gasteiger partial charge in [-0.3, -0.25) is 4.79 Å². The van der Waals surface area contributed by atoms with Crippen LogP contribution in [0.4, 0.5) is 0 Å². The van der Waals surface area contributed by atoms with Crippen LogP contribution in [0.1, 0.15) is 17.9 Å². The average Bonchev–Trinajstić information content (AvgIpc) is 2.87. The molecule has 0 spiro atoms. The second-order valence-electron chi connectivity index (χ2n) is 5.52. The molecule has 2 N–H and O–H groups in total. The lowest BCUT2D eigenvalue weighted by Gasteiger charge is -2.31. The molecule has 6 nitrogen and oxygen atoms in total. The summed E-state index contributed by atoms with van der Waals surface area (Å²) in [5.74, 6) is 0.150. The number of fused-ring (bicyclic) bond motifs is 2. The molecule has 2 aliphatic heterocycles. The lowest BCUT2D eigenvalue weighted by molar-refractivity contribution is -0.132. The van der Waals surface area contributed by atoms with E-state index in [1.54, 1.807) is 18.2 Å². The van der Waals surface area contributed by atoms with Crippen LogP contribution in [0, 0.1) is 0 Å². The number of carbonyl (C=O) groups excluding carboxylic acids is 1. The minimum Gasteiger partial charge on any atom is -0.502 e. The van der Waals surface area contributed by atoms with Crippen molar-refractivity contribution in [3.8, 4) is 17.2 Å². The van der Waals surface area contributed by atoms with Gasteiger partial charge in [0, 0.05) is 5.92 Å². The molecule has 3 atom stereocenters. The third-order valence-corrected chi connectivity index (χ3v) is 4.40. The van der Waals surface area contributed by atoms with Gasteiger partial charge in [0.1, 0.15) is 11.7 Å². The molecule has 0 unspecified atom stereocenters. The van der Waals surface area contributed by atoms with Gasteiger partial charge in [0.15, 0.2) is 17.3 Å². The molecule has 6 heteroatoms. The second kappa shape index (κ2) is 5.30. The smallest absolute Gasteiger partial charge is 0.200 e. The minimum absolute atomic E-state index is 0.0831. The molecule has 118 valence electrons. The normalized spacial score (nSPS) is 29.7. The zero-order chi connectivity index (χ0) is 15.9. The SMILES string of the molecule is COc1cc([C@@H]2C[C@@H]3O[C@@]2(CO)C=CC3=O)cc(OC)c1O. The van der Waals surface area contributed by atoms with Crippen molar-refractivity contribution >= 4 is 5.78 Å². The van der Waals surface area contributed by atoms with Crippen LogP contribution in [-0.4, -0.2) is 48.5 Å². The zero-order valence-electron chi connectivity index (χ0n) is 12.4. The van der Waals surface area contributed by atoms with Crippen LogP contribution < -0.4 is 9.47 Å². The van der Waals surface area contributed by atoms with Gasteiger partial charge < -0.3 is 24.4 Å². The number of phenolic OH excluding ortho intramolecular Hbond substituents is 1. The van der Waals surface area contributed by atoms with Gasteiger partial charge in [-0.2, -0.15) is 0 Å². The monoisotopic (exact) mass is 306 g/mol. The largest absolute Gasteiger partial charge is 0.502 e. The molecule has 0 radical (unpaired) electrons. The maximum absolute atomic E-state index is 11.8. The molecule has 1 fully saturated rings. The van der Waals surface area contributed by atoms with E-state index in [1.807, 2.05) is 0 Å². The molecule has 1 saturated heterocycles. The Morgan fingerprint density at radius 2 is 1.95 bits per heavy atom. The summed E-state index contributed by atoms with van der Waals surface area (Å²) >= 11 is 0. The fourth-order valence-corrected chi connectivity index (χ4v) is 3.20. The maximum Gasteiger partial charge on any atom is 0.200 e. The summed E-state index contributed by atoms with van der Waals surface area (Å²) in [4.78, 5) is 11.8. The molecule has 0 saturated carbocycles. The quantitative estimate of drug-likeness (QED) is 0.868. The second-order valence-corrected chi connectivity index (χ2v) is 5.52. The molecule has 2 heterocycles. The van der Waals surface area contributed by atoms with Gasteiger partial charge in [-0.05, 0) is 36.3 Å². The van der Waals surface area contributed by atoms with Crippen LogP contribution in [0.15, 0.2) is 24.3 Å². The van der Waals surface area contributed by atoms with Gasteiger partial charge in [0.2, 0.25) is 5.75 Å². The highest BCUT2D eigenvalue weighted by molar-refractivity contribution is 5.95. The van der Waals surface area contributed by atoms with Crippen molar-refractivity contribution in [2.45, 2.75) is 24.0 Å². The Balaban J connectivity index is 2.08. The number of ketones is 1. The number of aromatic hydroxyl groups is 1. The van der Waals surface area contributed by atoms with E-state index in [0.717, 1.165) is 5.56 Å². The molecule has 2 bridgehead atoms. The van der Waals surface area contributed by atoms with E-state index in [9.17, 15) is 15.0 Å². The summed E-state index contributed by atoms with van der Waals surface area (Å²) in [6, 6.07) is 3.37. The standard InChI is InChI=1S/C16H18O6/c1-20-13-5-9(6-14(21-2)15(13)19)10-7-12-11(18)3-4-16(10,8-17)22-12/h3-6,10,12,17,19H,7-8H2,1-2H3/t10-,12-,16+/m0/s1. The molecule has 1 aromatic rings. The van der Waals surface area contributed by atoms with Gasteiger partial charge in [-0.1, -0.05) is 0 Å². The lowest BCUT2D eigenvalue weighted by atomic mass is 9.82. The summed E-state index contributed by atoms with van der Waals surface area (Å²) < 4.78 is 16.1. The van der Waals surface area contributed by atoms with Gasteiger partial charge in [0.05, 0.1) is 20.8 Å². The Kier molecular flexibility index (Phi) is 3.58. The van der Waals surface area contributed by atoms with Gasteiger partial charge in [-0.25, -0.2) is 0 Å². The highest BCUT2D eigenvalue weighted by Crippen LogP contribution is 2.49. The van der Waals surface area contributed by atoms with Crippen molar-refractivity contribution < 1.29 is 29.2 Å². The maximum atomic E-state index is 11.8. The van der Waals surface area contributed by atoms with Crippen molar-refractivity contribution in [2.24, 2.45) is 0 Å². The number of phenols is 1. The number of rotatable bonds is 4. The molecule has 0 aromatic heterocycles. The molecule has 0 aliphatic carbocycles. The third-order valence-electron chi connectivity index (χ3n) is 4.40. The van der Waals surface area contributed by atoms with Gasteiger partial charge >= 0.3 is 0 Å². The third kappa shape index (κ3) is 2.07. The topological polar surface area (TPSA) is 85.2 Å². The molecule has 2 aliphatic rings. The molecular formula is C16H18O6. The molecular weight excluding hydrogens is 288 g/mol. The first-order chi connectivity index (χ1) is 10.5. The molecule has 1 aromatic carbocycles. The number of ether oxygens (including phenoxy) is 3. The summed E-state index contributed by atoms with van der Waals surface area (Å²) in [5, 5.41) is 19.8. The Labute approximate surface area is 127 Å². The van der Waals surface area contributed by atoms with Crippen LogP contribution in [0.3, 0.4) is 0 Å². The first kappa shape index (κ1) is 14.9. The van der Waals surface area contributed by atoms with Crippen molar-refractivity contribution in [1.82, 2.24) is 0 Å². The first-order valence-electron chi connectivity index (χ1n) is 7.01. The number of methoxy groups -OCH3 is 2. The number of aliphatic hydroxyl groups is 1. The van der Waals surface area contributed by atoms with E-state index in [1.165, 1.54) is 20.3 Å². The van der Waals surface area contributed by atoms with Crippen LogP contribution in [-0.2, 0) is 9.53 Å². The van der Waals surface area contributed by atoms with Crippen LogP contribution >= 0.6 is 0 Å². The predicted octanol–water partition coefficient (Wildman–Crippen LogP) is 1.15. The predicted molar refractivity (Wildman–Crippen MR) is 77.4 cm³/mol. The highest BCUT2D eigenvalue weighted by Gasteiger charge is 2.51. The summed E-state index contributed by atoms with van der Waals surface area (Å²) in [7, 11) is 2.90. The van der Waals surface area contributed by atoms with Gasteiger partial charge in [-0.15, -0.1) is 0 Å². The fourth-order valence-electron chi connectivity index (χ4n) is 3.20. The summed E-state index contributed by atoms with van der Waals surface area (Å²) in [6.45, 7) is -0.233. The van der Waals surface area contributed by atoms with E-state index in [0.29, 0.717) is 6.42 Å². The number of carbonyl (C=O) groups is 1. The molecule has 22 heavy (non-hydrogen) atoms. The highest BCUT2D eigenvalue weighted by atomic mass is 16.5. The fraction of sp³-hybridized carbons (Fsp3) is 0.438. The molecule has 0 amide bonds. The number of aliphatic hydroxyl groups excluding tert-OH is 1. The molecule has 3 rings (SSSR count). The lowest BCUT2D eigenvalue weighted by Crippen LogP contribution is -2.39. The van der Waals surface area contributed by atoms with Crippen molar-refractivity contribution in [3.63, 3.8) is 0 Å². The van der Waals surface area contributed by atoms with E-state index in [-0.39, 0.29) is 35.6 Å². The minimum atomic E-state index is -0.925. The first-order valence-corrected chi connectivity index (χ1v) is 7.01. The van der Waals surface area contributed by atoms with E-state index < -0.39 is 11.7 Å². The summed E-state index contributed by atoms with van der Waals surface area (Å²) in [6.07, 6.45) is 3.01. The van der Waals surface area contributed by atoms with Crippen LogP contribution in [0.5, 0.6) is 17.2 Å². The Morgan fingerprint density at radius 3 is 2.50 bits per heavy atom. The van der Waals surface area contributed by atoms with E-state index >= 15 is 0 Å². The van der Waals surface area contributed by atoms with Crippen molar-refractivity contribution in [2.75, 3.05) is 20.8 Å². The van der Waals surface area contributed by atoms with Gasteiger partial charge in [0.25, 0.3) is 0 Å². The van der Waals surface area contributed by atoms with E-state index in [2.05, 4.69) is 0 Å². The number of hydrogen-bond acceptors (Lipinski definition) is 6. The summed E-state index contributed by atoms with van der Waals surface area (Å²) in [5.41, 5.74) is -0.145. The Hall–Kier alpha value is -2.05. The Morgan fingerprint density at radius 1 is 1.32 bits per heavy atom. The zero-order valence-corrected chi connectivity index (χ0v) is 12.4. The number of hydrogen-bond donors (Lipinski definition) is 2.